The average Bonchev–Trinajstić information content (AvgIpc) is 3.30. The van der Waals surface area contributed by atoms with Gasteiger partial charge in [0.05, 0.1) is 14.2 Å². The van der Waals surface area contributed by atoms with Gasteiger partial charge in [0.2, 0.25) is 0 Å². The smallest absolute Gasteiger partial charge is 0.462 e. The molecular formula is C14H80O28Si27. The maximum absolute atomic E-state index is 12.2. The third-order valence-corrected chi connectivity index (χ3v) is 68.2. The number of ether oxygens (including phenoxy) is 1. The van der Waals surface area contributed by atoms with Gasteiger partial charge < -0.3 is 112 Å². The highest BCUT2D eigenvalue weighted by Crippen LogP contribution is 2.38. The Labute approximate surface area is 466 Å². The van der Waals surface area contributed by atoms with Crippen molar-refractivity contribution >= 4 is 269 Å². The lowest BCUT2D eigenvalue weighted by Crippen LogP contribution is -2.78. The van der Waals surface area contributed by atoms with Gasteiger partial charge in [-0.1, -0.05) is 26.2 Å². The molecule has 2 atom stereocenters. The molecule has 0 rings (SSSR count). The van der Waals surface area contributed by atoms with Crippen LogP contribution in [0.2, 0.25) is 51.9 Å². The molecule has 0 bridgehead atoms. The monoisotopic (exact) mass is 1450 g/mol. The number of esters is 1. The lowest BCUT2D eigenvalue weighted by atomic mass is 10.4. The zero-order valence-electron chi connectivity index (χ0n) is 44.5. The van der Waals surface area contributed by atoms with Gasteiger partial charge in [-0.05, 0) is 45.6 Å². The molecule has 412 valence electrons. The molecule has 0 aromatic rings. The molecular weight excluding hydrogens is 1370 g/mol. The number of rotatable bonds is 41. The van der Waals surface area contributed by atoms with E-state index >= 15 is 0 Å². The summed E-state index contributed by atoms with van der Waals surface area (Å²) in [6.45, 7) is 19.1. The largest absolute Gasteiger partial charge is 0.656 e. The van der Waals surface area contributed by atoms with Gasteiger partial charge in [0.15, 0.2) is 8.32 Å². The van der Waals surface area contributed by atoms with Gasteiger partial charge in [0.25, 0.3) is 0 Å². The van der Waals surface area contributed by atoms with E-state index in [9.17, 15) is 9.59 Å². The van der Waals surface area contributed by atoms with Crippen molar-refractivity contribution in [1.82, 2.24) is 0 Å². The lowest BCUT2D eigenvalue weighted by Gasteiger charge is -2.47. The molecule has 0 aliphatic heterocycles. The van der Waals surface area contributed by atoms with E-state index in [4.69, 9.17) is 108 Å². The van der Waals surface area contributed by atoms with E-state index in [0.717, 1.165) is 0 Å². The fraction of sp³-hybridized carbons (Fsp3) is 0.786. The van der Waals surface area contributed by atoms with Crippen LogP contribution in [-0.4, -0.2) is 281 Å². The summed E-state index contributed by atoms with van der Waals surface area (Å²) in [7, 11) is -48.5. The fourth-order valence-corrected chi connectivity index (χ4v) is 87.2. The van der Waals surface area contributed by atoms with E-state index in [-0.39, 0.29) is 169 Å². The van der Waals surface area contributed by atoms with Gasteiger partial charge in [-0.25, -0.2) is 4.79 Å². The molecule has 1 N–H and O–H groups in total. The normalized spacial score (nSPS) is 20.8. The SMILES string of the molecule is C=C(C)C(=O)OCCC[Si](C)(C)O[Si](C)(C)O[Si](O[Si](O[SiH3])(O[SiH3])O[SiH3])(O[Si](O[SiH3])(O[SiH2][Si](C)(C)C)O[Si](O)(O[SiH3])O[SiH3])O[Si](O[Si](O[SiH3])(O[SiH3])O[SiH3])(O[Si](O[SiH3])(O[SiH3])O[SiH3])O[Si](O[SiH3])(O[SiH3])O[SiH3]. The van der Waals surface area contributed by atoms with Crippen LogP contribution in [0.3, 0.4) is 0 Å². The Balaban J connectivity index is 9.42. The van der Waals surface area contributed by atoms with E-state index in [2.05, 4.69) is 26.2 Å². The van der Waals surface area contributed by atoms with Crippen molar-refractivity contribution in [2.45, 2.75) is 65.2 Å². The third-order valence-electron chi connectivity index (χ3n) is 8.60. The predicted octanol–water partition coefficient (Wildman–Crippen LogP) is -19.6. The first-order chi connectivity index (χ1) is 31.8. The minimum absolute atomic E-state index is 0.00570. The maximum atomic E-state index is 12.2. The predicted molar refractivity (Wildman–Crippen MR) is 327 cm³/mol. The van der Waals surface area contributed by atoms with Crippen molar-refractivity contribution in [3.05, 3.63) is 12.2 Å². The van der Waals surface area contributed by atoms with Crippen molar-refractivity contribution in [3.63, 3.8) is 0 Å². The summed E-state index contributed by atoms with van der Waals surface area (Å²) in [5.41, 5.74) is 0.284. The van der Waals surface area contributed by atoms with Crippen LogP contribution in [-0.2, 0) is 112 Å². The summed E-state index contributed by atoms with van der Waals surface area (Å²) in [6, 6.07) is 0.505. The first-order valence-electron chi connectivity index (χ1n) is 20.6. The van der Waals surface area contributed by atoms with Gasteiger partial charge in [0, 0.05) is 5.57 Å². The van der Waals surface area contributed by atoms with E-state index in [1.165, 1.54) is 0 Å². The number of hydrogen-bond donors (Lipinski definition) is 1. The minimum atomic E-state index is -5.66. The molecule has 0 radical (unpaired) electrons. The van der Waals surface area contributed by atoms with Gasteiger partial charge in [-0.2, -0.15) is 0 Å². The Bertz CT molecular complexity index is 1420. The number of hydrogen-bond acceptors (Lipinski definition) is 28. The van der Waals surface area contributed by atoms with Crippen molar-refractivity contribution in [2.24, 2.45) is 0 Å². The molecule has 0 heterocycles. The molecule has 69 heavy (non-hydrogen) atoms. The zero-order valence-corrected chi connectivity index (χ0v) is 86.9. The summed E-state index contributed by atoms with van der Waals surface area (Å²) in [5.74, 6) is -0.498. The van der Waals surface area contributed by atoms with Crippen LogP contribution >= 0.6 is 0 Å². The second-order valence-electron chi connectivity index (χ2n) is 16.0. The standard InChI is InChI=1S/C14H80O28Si27/c1-13(2)14(15)17-11-10-12-60(6,7)34-61(8,9)35-68(37-63(20-45,21-46)22-47,41-67(32-57,33-58-59(3,4)5)36-62(16,18-43)19-44)42-69(38-64(23-48,24-49)25-50,39-65(26-51,27-52)28-53)40-66(29-54,30-55)31-56/h16H,1,10-12,58H2,2-9,43-57H3. The zero-order chi connectivity index (χ0) is 53.9. The van der Waals surface area contributed by atoms with Crippen LogP contribution in [0.15, 0.2) is 12.2 Å². The van der Waals surface area contributed by atoms with E-state index in [0.29, 0.717) is 12.5 Å². The van der Waals surface area contributed by atoms with Crippen LogP contribution in [0, 0.1) is 0 Å². The molecule has 0 aliphatic carbocycles. The first kappa shape index (κ1) is 73.0. The van der Waals surface area contributed by atoms with Gasteiger partial charge in [-0.3, -0.25) is 0 Å². The molecule has 0 spiro atoms. The van der Waals surface area contributed by atoms with Crippen molar-refractivity contribution in [2.75, 3.05) is 6.61 Å². The number of carbonyl (C=O) groups is 1. The number of carbonyl (C=O) groups excluding carboxylic acids is 1. The van der Waals surface area contributed by atoms with Crippen LogP contribution in [0.1, 0.15) is 13.3 Å². The van der Waals surface area contributed by atoms with E-state index < -0.39 is 112 Å². The third kappa shape index (κ3) is 23.7. The first-order valence-corrected chi connectivity index (χ1v) is 58.3. The summed E-state index contributed by atoms with van der Waals surface area (Å²) in [4.78, 5) is 24.1. The topological polar surface area (TPSA) is 277 Å². The fourth-order valence-electron chi connectivity index (χ4n) is 5.34. The maximum Gasteiger partial charge on any atom is 0.656 e. The Morgan fingerprint density at radius 2 is 0.754 bits per heavy atom. The van der Waals surface area contributed by atoms with Gasteiger partial charge in [-0.15, -0.1) is 0 Å². The Morgan fingerprint density at radius 1 is 0.449 bits per heavy atom. The second-order valence-corrected chi connectivity index (χ2v) is 76.5. The van der Waals surface area contributed by atoms with Crippen LogP contribution < -0.4 is 0 Å². The molecule has 0 aromatic heterocycles. The summed E-state index contributed by atoms with van der Waals surface area (Å²) >= 11 is 0. The Hall–Kier alpha value is 4.03. The average molecular weight is 1460 g/mol. The highest BCUT2D eigenvalue weighted by Gasteiger charge is 2.77. The molecule has 2 unspecified atom stereocenters. The summed E-state index contributed by atoms with van der Waals surface area (Å²) < 4.78 is 166. The quantitative estimate of drug-likeness (QED) is 0.0258. The van der Waals surface area contributed by atoms with E-state index in [1.807, 2.05) is 13.1 Å². The molecule has 55 heteroatoms. The summed E-state index contributed by atoms with van der Waals surface area (Å²) in [6.07, 6.45) is 0.458. The summed E-state index contributed by atoms with van der Waals surface area (Å²) in [5, 5.41) is 0. The molecule has 0 aliphatic rings. The molecule has 0 saturated carbocycles. The molecule has 0 saturated heterocycles. The van der Waals surface area contributed by atoms with Crippen LogP contribution in [0.5, 0.6) is 0 Å². The molecule has 0 fully saturated rings. The van der Waals surface area contributed by atoms with Crippen molar-refractivity contribution in [3.8, 4) is 0 Å². The van der Waals surface area contributed by atoms with Crippen molar-refractivity contribution < 1.29 is 117 Å². The van der Waals surface area contributed by atoms with Crippen LogP contribution in [0.25, 0.3) is 0 Å². The van der Waals surface area contributed by atoms with E-state index in [1.54, 1.807) is 20.0 Å². The lowest BCUT2D eigenvalue weighted by molar-refractivity contribution is -0.139. The molecule has 0 aromatic carbocycles. The van der Waals surface area contributed by atoms with Crippen LogP contribution in [0.4, 0.5) is 0 Å². The minimum Gasteiger partial charge on any atom is -0.462 e. The highest BCUT2D eigenvalue weighted by atomic mass is 29.2. The highest BCUT2D eigenvalue weighted by molar-refractivity contribution is 7.22. The second kappa shape index (κ2) is 32.3. The molecule has 28 nitrogen and oxygen atoms in total. The van der Waals surface area contributed by atoms with Crippen molar-refractivity contribution in [1.29, 1.82) is 0 Å². The molecule has 0 amide bonds. The van der Waals surface area contributed by atoms with Gasteiger partial charge in [0.1, 0.15) is 167 Å². The van der Waals surface area contributed by atoms with Gasteiger partial charge >= 0.3 is 86.9 Å². The Kier molecular flexibility index (Phi) is 34.2. The Morgan fingerprint density at radius 3 is 1.04 bits per heavy atom.